The summed E-state index contributed by atoms with van der Waals surface area (Å²) in [5, 5.41) is 15.3. The van der Waals surface area contributed by atoms with E-state index in [4.69, 9.17) is 5.26 Å². The molecule has 122 valence electrons. The molecule has 3 aliphatic rings. The van der Waals surface area contributed by atoms with Gasteiger partial charge in [0.2, 0.25) is 5.91 Å². The van der Waals surface area contributed by atoms with Crippen LogP contribution in [0, 0.1) is 23.2 Å². The fraction of sp³-hybridized carbons (Fsp3) is 0.667. The van der Waals surface area contributed by atoms with E-state index in [2.05, 4.69) is 15.2 Å². The summed E-state index contributed by atoms with van der Waals surface area (Å²) in [5.41, 5.74) is 0. The van der Waals surface area contributed by atoms with Gasteiger partial charge in [0.05, 0.1) is 19.2 Å². The number of hydrogen-bond donors (Lipinski definition) is 1. The molecule has 5 atom stereocenters. The van der Waals surface area contributed by atoms with Crippen LogP contribution in [-0.2, 0) is 4.79 Å². The Kier molecular flexibility index (Phi) is 3.70. The molecule has 3 heterocycles. The summed E-state index contributed by atoms with van der Waals surface area (Å²) in [5.74, 6) is 0.954. The number of carbonyl (C=O) groups is 1. The second-order valence-electron chi connectivity index (χ2n) is 6.48. The number of nitriles is 1. The van der Waals surface area contributed by atoms with E-state index in [1.807, 2.05) is 17.6 Å². The molecule has 1 saturated carbocycles. The molecule has 0 aromatic carbocycles. The summed E-state index contributed by atoms with van der Waals surface area (Å²) in [6, 6.07) is 1.76. The van der Waals surface area contributed by atoms with E-state index in [1.165, 1.54) is 4.90 Å². The molecule has 8 heteroatoms. The largest absolute Gasteiger partial charge is 0.347 e. The molecule has 3 fully saturated rings. The molecular formula is C15H18FN5OS. The number of aromatic nitrogens is 1. The lowest BCUT2D eigenvalue weighted by molar-refractivity contribution is -0.130. The highest BCUT2D eigenvalue weighted by molar-refractivity contribution is 7.13. The Morgan fingerprint density at radius 1 is 1.48 bits per heavy atom. The van der Waals surface area contributed by atoms with E-state index in [0.29, 0.717) is 17.9 Å². The topological polar surface area (TPSA) is 72.3 Å². The zero-order valence-corrected chi connectivity index (χ0v) is 13.4. The second-order valence-corrected chi connectivity index (χ2v) is 7.35. The SMILES string of the molecule is N#C[C@@H]1C[C@H](F)CN1C(=O)CNC1[C@H]2CN(c3nccs3)C[C@@H]12. The number of nitrogens with one attached hydrogen (secondary N) is 1. The third-order valence-corrected chi connectivity index (χ3v) is 5.92. The second kappa shape index (κ2) is 5.73. The van der Waals surface area contributed by atoms with Gasteiger partial charge in [-0.15, -0.1) is 11.3 Å². The first-order chi connectivity index (χ1) is 11.2. The van der Waals surface area contributed by atoms with Crippen LogP contribution in [0.25, 0.3) is 0 Å². The third kappa shape index (κ3) is 2.68. The standard InChI is InChI=1S/C15H18FN5OS/c16-9-3-10(4-17)21(6-9)13(22)5-19-14-11-7-20(8-12(11)14)15-18-1-2-23-15/h1-2,9-12,14,19H,3,5-8H2/t9-,10-,11-,12+,14?/m0/s1. The number of carbonyl (C=O) groups excluding carboxylic acids is 1. The van der Waals surface area contributed by atoms with Gasteiger partial charge in [-0.25, -0.2) is 9.37 Å². The van der Waals surface area contributed by atoms with Gasteiger partial charge in [0.1, 0.15) is 12.2 Å². The minimum absolute atomic E-state index is 0.0497. The van der Waals surface area contributed by atoms with Gasteiger partial charge < -0.3 is 15.1 Å². The number of anilines is 1. The molecule has 1 aliphatic carbocycles. The lowest BCUT2D eigenvalue weighted by Gasteiger charge is -2.21. The fourth-order valence-corrected chi connectivity index (χ4v) is 4.51. The monoisotopic (exact) mass is 335 g/mol. The molecule has 1 aromatic heterocycles. The molecule has 4 rings (SSSR count). The molecule has 0 radical (unpaired) electrons. The summed E-state index contributed by atoms with van der Waals surface area (Å²) in [6.45, 7) is 2.19. The number of piperidine rings is 1. The Morgan fingerprint density at radius 3 is 2.91 bits per heavy atom. The Bertz CT molecular complexity index is 620. The fourth-order valence-electron chi connectivity index (χ4n) is 3.85. The van der Waals surface area contributed by atoms with E-state index in [-0.39, 0.29) is 25.4 Å². The average molecular weight is 335 g/mol. The van der Waals surface area contributed by atoms with Crippen molar-refractivity contribution in [3.8, 4) is 6.07 Å². The zero-order valence-electron chi connectivity index (χ0n) is 12.6. The summed E-state index contributed by atoms with van der Waals surface area (Å²) in [7, 11) is 0. The molecule has 6 nitrogen and oxygen atoms in total. The van der Waals surface area contributed by atoms with Crippen LogP contribution >= 0.6 is 11.3 Å². The van der Waals surface area contributed by atoms with Gasteiger partial charge >= 0.3 is 0 Å². The maximum absolute atomic E-state index is 13.4. The number of thiazole rings is 1. The van der Waals surface area contributed by atoms with Crippen molar-refractivity contribution in [3.05, 3.63) is 11.6 Å². The van der Waals surface area contributed by atoms with Crippen LogP contribution in [0.2, 0.25) is 0 Å². The summed E-state index contributed by atoms with van der Waals surface area (Å²) < 4.78 is 13.4. The number of fused-ring (bicyclic) bond motifs is 1. The predicted molar refractivity (Wildman–Crippen MR) is 83.7 cm³/mol. The average Bonchev–Trinajstić information content (AvgIpc) is 3.06. The number of halogens is 1. The molecule has 0 bridgehead atoms. The highest BCUT2D eigenvalue weighted by Crippen LogP contribution is 2.46. The Labute approximate surface area is 137 Å². The third-order valence-electron chi connectivity index (χ3n) is 5.09. The number of alkyl halides is 1. The van der Waals surface area contributed by atoms with Gasteiger partial charge in [0.15, 0.2) is 5.13 Å². The Balaban J connectivity index is 1.25. The quantitative estimate of drug-likeness (QED) is 0.874. The number of hydrogen-bond acceptors (Lipinski definition) is 6. The zero-order chi connectivity index (χ0) is 16.0. The van der Waals surface area contributed by atoms with Crippen LogP contribution in [0.15, 0.2) is 11.6 Å². The first-order valence-electron chi connectivity index (χ1n) is 7.88. The molecule has 1 N–H and O–H groups in total. The van der Waals surface area contributed by atoms with Gasteiger partial charge in [-0.1, -0.05) is 0 Å². The van der Waals surface area contributed by atoms with Crippen LogP contribution in [0.1, 0.15) is 6.42 Å². The minimum Gasteiger partial charge on any atom is -0.347 e. The Morgan fingerprint density at radius 2 is 2.26 bits per heavy atom. The Hall–Kier alpha value is -1.72. The molecule has 2 saturated heterocycles. The molecule has 1 unspecified atom stereocenters. The van der Waals surface area contributed by atoms with E-state index >= 15 is 0 Å². The molecular weight excluding hydrogens is 317 g/mol. The minimum atomic E-state index is -1.07. The smallest absolute Gasteiger partial charge is 0.237 e. The molecule has 1 amide bonds. The lowest BCUT2D eigenvalue weighted by atomic mass is 10.2. The van der Waals surface area contributed by atoms with Crippen LogP contribution in [0.5, 0.6) is 0 Å². The molecule has 1 aromatic rings. The normalized spacial score (nSPS) is 35.2. The predicted octanol–water partition coefficient (Wildman–Crippen LogP) is 0.630. The molecule has 2 aliphatic heterocycles. The maximum atomic E-state index is 13.4. The van der Waals surface area contributed by atoms with Crippen molar-refractivity contribution >= 4 is 22.4 Å². The van der Waals surface area contributed by atoms with Crippen LogP contribution < -0.4 is 10.2 Å². The first-order valence-corrected chi connectivity index (χ1v) is 8.76. The number of nitrogens with zero attached hydrogens (tertiary/aromatic N) is 4. The van der Waals surface area contributed by atoms with Gasteiger partial charge in [-0.3, -0.25) is 4.79 Å². The van der Waals surface area contributed by atoms with Crippen molar-refractivity contribution in [1.82, 2.24) is 15.2 Å². The van der Waals surface area contributed by atoms with Crippen LogP contribution in [0.3, 0.4) is 0 Å². The van der Waals surface area contributed by atoms with Gasteiger partial charge in [-0.2, -0.15) is 5.26 Å². The number of likely N-dealkylation sites (tertiary alicyclic amines) is 1. The number of amides is 1. The first kappa shape index (κ1) is 14.8. The van der Waals surface area contributed by atoms with Crippen molar-refractivity contribution < 1.29 is 9.18 Å². The highest BCUT2D eigenvalue weighted by Gasteiger charge is 2.56. The maximum Gasteiger partial charge on any atom is 0.237 e. The summed E-state index contributed by atoms with van der Waals surface area (Å²) in [6.07, 6.45) is 0.883. The molecule has 23 heavy (non-hydrogen) atoms. The van der Waals surface area contributed by atoms with Gasteiger partial charge in [-0.05, 0) is 11.8 Å². The summed E-state index contributed by atoms with van der Waals surface area (Å²) >= 11 is 1.65. The van der Waals surface area contributed by atoms with Crippen molar-refractivity contribution in [3.63, 3.8) is 0 Å². The van der Waals surface area contributed by atoms with Crippen molar-refractivity contribution in [1.29, 1.82) is 5.26 Å². The van der Waals surface area contributed by atoms with E-state index in [1.54, 1.807) is 11.3 Å². The summed E-state index contributed by atoms with van der Waals surface area (Å²) in [4.78, 5) is 20.2. The molecule has 0 spiro atoms. The van der Waals surface area contributed by atoms with E-state index in [9.17, 15) is 9.18 Å². The van der Waals surface area contributed by atoms with E-state index < -0.39 is 12.2 Å². The van der Waals surface area contributed by atoms with Crippen molar-refractivity contribution in [2.75, 3.05) is 31.1 Å². The van der Waals surface area contributed by atoms with Crippen molar-refractivity contribution in [2.24, 2.45) is 11.8 Å². The van der Waals surface area contributed by atoms with Gasteiger partial charge in [0.25, 0.3) is 0 Å². The van der Waals surface area contributed by atoms with Crippen LogP contribution in [-0.4, -0.2) is 60.2 Å². The van der Waals surface area contributed by atoms with Gasteiger partial charge in [0, 0.05) is 37.1 Å². The van der Waals surface area contributed by atoms with Crippen molar-refractivity contribution in [2.45, 2.75) is 24.7 Å². The van der Waals surface area contributed by atoms with E-state index in [0.717, 1.165) is 18.2 Å². The highest BCUT2D eigenvalue weighted by atomic mass is 32.1. The number of rotatable bonds is 4. The lowest BCUT2D eigenvalue weighted by Crippen LogP contribution is -2.42. The van der Waals surface area contributed by atoms with Crippen LogP contribution in [0.4, 0.5) is 9.52 Å².